The molecular weight excluding hydrogens is 286 g/mol. The molecule has 0 bridgehead atoms. The number of hydrogen-bond acceptors (Lipinski definition) is 2. The Morgan fingerprint density at radius 2 is 1.87 bits per heavy atom. The van der Waals surface area contributed by atoms with E-state index in [0.717, 1.165) is 24.2 Å². The number of aryl methyl sites for hydroxylation is 1. The fourth-order valence-electron chi connectivity index (χ4n) is 3.13. The number of fused-ring (bicyclic) bond motifs is 1. The summed E-state index contributed by atoms with van der Waals surface area (Å²) in [7, 11) is 0. The van der Waals surface area contributed by atoms with E-state index in [1.807, 2.05) is 49.4 Å². The average Bonchev–Trinajstić information content (AvgIpc) is 2.60. The summed E-state index contributed by atoms with van der Waals surface area (Å²) in [6.45, 7) is 2.05. The van der Waals surface area contributed by atoms with E-state index in [2.05, 4.69) is 11.4 Å². The SMILES string of the molecule is C[C@@H](NC(=O)COc1cccc2c1CCCC2)c1ccccc1. The molecule has 0 heterocycles. The number of nitrogens with one attached hydrogen (secondary N) is 1. The summed E-state index contributed by atoms with van der Waals surface area (Å²) in [6.07, 6.45) is 4.60. The molecule has 0 aliphatic heterocycles. The smallest absolute Gasteiger partial charge is 0.258 e. The third-order valence-electron chi connectivity index (χ3n) is 4.39. The number of amides is 1. The van der Waals surface area contributed by atoms with Crippen LogP contribution in [0.2, 0.25) is 0 Å². The molecule has 1 amide bonds. The van der Waals surface area contributed by atoms with E-state index in [4.69, 9.17) is 4.74 Å². The number of carbonyl (C=O) groups is 1. The summed E-state index contributed by atoms with van der Waals surface area (Å²) in [5.41, 5.74) is 3.74. The van der Waals surface area contributed by atoms with Crippen molar-refractivity contribution in [2.45, 2.75) is 38.6 Å². The second kappa shape index (κ2) is 7.32. The van der Waals surface area contributed by atoms with Crippen molar-refractivity contribution in [2.24, 2.45) is 0 Å². The topological polar surface area (TPSA) is 38.3 Å². The Balaban J connectivity index is 1.57. The first-order chi connectivity index (χ1) is 11.2. The Labute approximate surface area is 137 Å². The van der Waals surface area contributed by atoms with Gasteiger partial charge in [0.2, 0.25) is 0 Å². The lowest BCUT2D eigenvalue weighted by atomic mass is 9.91. The Morgan fingerprint density at radius 1 is 1.09 bits per heavy atom. The number of ether oxygens (including phenoxy) is 1. The molecule has 1 aliphatic carbocycles. The van der Waals surface area contributed by atoms with Crippen LogP contribution in [-0.4, -0.2) is 12.5 Å². The summed E-state index contributed by atoms with van der Waals surface area (Å²) in [4.78, 5) is 12.1. The second-order valence-electron chi connectivity index (χ2n) is 6.09. The van der Waals surface area contributed by atoms with Crippen LogP contribution in [0.3, 0.4) is 0 Å². The molecule has 0 unspecified atom stereocenters. The van der Waals surface area contributed by atoms with Crippen molar-refractivity contribution in [3.05, 3.63) is 65.2 Å². The highest BCUT2D eigenvalue weighted by Gasteiger charge is 2.15. The van der Waals surface area contributed by atoms with E-state index >= 15 is 0 Å². The second-order valence-corrected chi connectivity index (χ2v) is 6.09. The molecule has 1 N–H and O–H groups in total. The zero-order valence-electron chi connectivity index (χ0n) is 13.5. The van der Waals surface area contributed by atoms with Crippen LogP contribution < -0.4 is 10.1 Å². The minimum absolute atomic E-state index is 0.0167. The molecule has 0 fully saturated rings. The minimum atomic E-state index is -0.0882. The predicted octanol–water partition coefficient (Wildman–Crippen LogP) is 3.82. The molecule has 3 heteroatoms. The zero-order valence-corrected chi connectivity index (χ0v) is 13.5. The first-order valence-corrected chi connectivity index (χ1v) is 8.32. The molecule has 0 saturated heterocycles. The van der Waals surface area contributed by atoms with Crippen LogP contribution in [0.1, 0.15) is 42.5 Å². The van der Waals surface area contributed by atoms with Gasteiger partial charge in [0.15, 0.2) is 6.61 Å². The fraction of sp³-hybridized carbons (Fsp3) is 0.350. The Bertz CT molecular complexity index is 667. The maximum absolute atomic E-state index is 12.1. The van der Waals surface area contributed by atoms with E-state index in [1.54, 1.807) is 0 Å². The highest BCUT2D eigenvalue weighted by atomic mass is 16.5. The third-order valence-corrected chi connectivity index (χ3v) is 4.39. The van der Waals surface area contributed by atoms with Gasteiger partial charge in [0.25, 0.3) is 5.91 Å². The van der Waals surface area contributed by atoms with Gasteiger partial charge in [0.1, 0.15) is 5.75 Å². The Hall–Kier alpha value is -2.29. The summed E-state index contributed by atoms with van der Waals surface area (Å²) < 4.78 is 5.79. The van der Waals surface area contributed by atoms with Crippen molar-refractivity contribution >= 4 is 5.91 Å². The molecule has 1 atom stereocenters. The molecular formula is C20H23NO2. The summed E-state index contributed by atoms with van der Waals surface area (Å²) >= 11 is 0. The summed E-state index contributed by atoms with van der Waals surface area (Å²) in [6, 6.07) is 16.1. The van der Waals surface area contributed by atoms with Crippen LogP contribution in [0.15, 0.2) is 48.5 Å². The first-order valence-electron chi connectivity index (χ1n) is 8.32. The number of hydrogen-bond donors (Lipinski definition) is 1. The highest BCUT2D eigenvalue weighted by molar-refractivity contribution is 5.78. The molecule has 3 nitrogen and oxygen atoms in total. The van der Waals surface area contributed by atoms with Gasteiger partial charge in [-0.3, -0.25) is 4.79 Å². The van der Waals surface area contributed by atoms with Crippen molar-refractivity contribution in [1.29, 1.82) is 0 Å². The van der Waals surface area contributed by atoms with Gasteiger partial charge in [-0.15, -0.1) is 0 Å². The lowest BCUT2D eigenvalue weighted by Gasteiger charge is -2.20. The molecule has 0 radical (unpaired) electrons. The van der Waals surface area contributed by atoms with Crippen molar-refractivity contribution in [3.63, 3.8) is 0 Å². The maximum atomic E-state index is 12.1. The Kier molecular flexibility index (Phi) is 4.96. The quantitative estimate of drug-likeness (QED) is 0.912. The van der Waals surface area contributed by atoms with Gasteiger partial charge in [-0.25, -0.2) is 0 Å². The molecule has 0 spiro atoms. The van der Waals surface area contributed by atoms with Crippen molar-refractivity contribution in [3.8, 4) is 5.75 Å². The largest absolute Gasteiger partial charge is 0.483 e. The molecule has 1 aliphatic rings. The molecule has 2 aromatic carbocycles. The predicted molar refractivity (Wildman–Crippen MR) is 91.6 cm³/mol. The monoisotopic (exact) mass is 309 g/mol. The van der Waals surface area contributed by atoms with Gasteiger partial charge in [-0.2, -0.15) is 0 Å². The van der Waals surface area contributed by atoms with Crippen LogP contribution in [0.25, 0.3) is 0 Å². The van der Waals surface area contributed by atoms with E-state index in [0.29, 0.717) is 0 Å². The van der Waals surface area contributed by atoms with Crippen LogP contribution >= 0.6 is 0 Å². The van der Waals surface area contributed by atoms with Gasteiger partial charge >= 0.3 is 0 Å². The van der Waals surface area contributed by atoms with Gasteiger partial charge in [-0.1, -0.05) is 42.5 Å². The first kappa shape index (κ1) is 15.6. The molecule has 120 valence electrons. The van der Waals surface area contributed by atoms with E-state index < -0.39 is 0 Å². The van der Waals surface area contributed by atoms with Crippen LogP contribution in [-0.2, 0) is 17.6 Å². The van der Waals surface area contributed by atoms with Crippen molar-refractivity contribution < 1.29 is 9.53 Å². The van der Waals surface area contributed by atoms with Crippen molar-refractivity contribution in [2.75, 3.05) is 6.61 Å². The summed E-state index contributed by atoms with van der Waals surface area (Å²) in [5.74, 6) is 0.777. The fourth-order valence-corrected chi connectivity index (χ4v) is 3.13. The number of benzene rings is 2. The maximum Gasteiger partial charge on any atom is 0.258 e. The lowest BCUT2D eigenvalue weighted by molar-refractivity contribution is -0.123. The summed E-state index contributed by atoms with van der Waals surface area (Å²) in [5, 5.41) is 2.98. The Morgan fingerprint density at radius 3 is 2.70 bits per heavy atom. The van der Waals surface area contributed by atoms with Gasteiger partial charge in [0.05, 0.1) is 6.04 Å². The molecule has 3 rings (SSSR count). The van der Waals surface area contributed by atoms with Crippen molar-refractivity contribution in [1.82, 2.24) is 5.32 Å². The van der Waals surface area contributed by atoms with E-state index in [-0.39, 0.29) is 18.6 Å². The van der Waals surface area contributed by atoms with E-state index in [9.17, 15) is 4.79 Å². The van der Waals surface area contributed by atoms with Gasteiger partial charge in [-0.05, 0) is 55.4 Å². The van der Waals surface area contributed by atoms with Crippen LogP contribution in [0, 0.1) is 0 Å². The lowest BCUT2D eigenvalue weighted by Crippen LogP contribution is -2.31. The normalized spacial score (nSPS) is 14.7. The van der Waals surface area contributed by atoms with Crippen LogP contribution in [0.5, 0.6) is 5.75 Å². The molecule has 0 saturated carbocycles. The highest BCUT2D eigenvalue weighted by Crippen LogP contribution is 2.29. The molecule has 2 aromatic rings. The van der Waals surface area contributed by atoms with Gasteiger partial charge < -0.3 is 10.1 Å². The molecule has 0 aromatic heterocycles. The van der Waals surface area contributed by atoms with Gasteiger partial charge in [0, 0.05) is 0 Å². The number of carbonyl (C=O) groups excluding carboxylic acids is 1. The standard InChI is InChI=1S/C20H23NO2/c1-15(16-8-3-2-4-9-16)21-20(22)14-23-19-13-7-11-17-10-5-6-12-18(17)19/h2-4,7-9,11,13,15H,5-6,10,12,14H2,1H3,(H,21,22)/t15-/m1/s1. The number of rotatable bonds is 5. The molecule has 23 heavy (non-hydrogen) atoms. The minimum Gasteiger partial charge on any atom is -0.483 e. The van der Waals surface area contributed by atoms with E-state index in [1.165, 1.54) is 24.0 Å². The average molecular weight is 309 g/mol. The zero-order chi connectivity index (χ0) is 16.1. The van der Waals surface area contributed by atoms with Crippen LogP contribution in [0.4, 0.5) is 0 Å². The third kappa shape index (κ3) is 3.92.